The van der Waals surface area contributed by atoms with Crippen LogP contribution in [0.3, 0.4) is 0 Å². The second-order valence-corrected chi connectivity index (χ2v) is 2.14. The molecule has 2 nitrogen and oxygen atoms in total. The number of allylic oxidation sites excluding steroid dienone is 1. The summed E-state index contributed by atoms with van der Waals surface area (Å²) in [5.41, 5.74) is 0.318. The van der Waals surface area contributed by atoms with Gasteiger partial charge in [0.1, 0.15) is 5.82 Å². The maximum Gasteiger partial charge on any atom is 0.191 e. The summed E-state index contributed by atoms with van der Waals surface area (Å²) in [4.78, 5) is 11.0. The number of carbonyl (C=O) groups excluding carboxylic acids is 1. The van der Waals surface area contributed by atoms with E-state index in [0.717, 1.165) is 6.08 Å². The van der Waals surface area contributed by atoms with Crippen LogP contribution in [0.25, 0.3) is 5.41 Å². The molecule has 0 heterocycles. The van der Waals surface area contributed by atoms with Crippen molar-refractivity contribution in [3.05, 3.63) is 47.1 Å². The van der Waals surface area contributed by atoms with E-state index >= 15 is 0 Å². The van der Waals surface area contributed by atoms with Gasteiger partial charge in [-0.05, 0) is 24.3 Å². The van der Waals surface area contributed by atoms with Gasteiger partial charge in [0.05, 0.1) is 0 Å². The highest BCUT2D eigenvalue weighted by molar-refractivity contribution is 6.09. The predicted octanol–water partition coefficient (Wildman–Crippen LogP) is 1.80. The molecule has 60 valence electrons. The van der Waals surface area contributed by atoms with E-state index < -0.39 is 11.6 Å². The van der Waals surface area contributed by atoms with Gasteiger partial charge in [-0.2, -0.15) is 0 Å². The molecule has 0 saturated heterocycles. The monoisotopic (exact) mass is 162 g/mol. The smallest absolute Gasteiger partial charge is 0.191 e. The van der Waals surface area contributed by atoms with Crippen molar-refractivity contribution in [2.45, 2.75) is 0 Å². The molecule has 0 aliphatic carbocycles. The fraction of sp³-hybridized carbons (Fsp3) is 0. The molecule has 0 amide bonds. The number of hydrogen-bond acceptors (Lipinski definition) is 1. The SMILES string of the molecule is [N-]=C=CC(=O)c1ccc(F)cc1. The molecule has 1 aromatic rings. The van der Waals surface area contributed by atoms with E-state index in [1.165, 1.54) is 24.3 Å². The van der Waals surface area contributed by atoms with Crippen LogP contribution < -0.4 is 0 Å². The molecule has 0 unspecified atom stereocenters. The van der Waals surface area contributed by atoms with Crippen LogP contribution in [0.4, 0.5) is 4.39 Å². The summed E-state index contributed by atoms with van der Waals surface area (Å²) in [5.74, 6) is 0.808. The van der Waals surface area contributed by atoms with Gasteiger partial charge in [0.25, 0.3) is 0 Å². The highest BCUT2D eigenvalue weighted by Crippen LogP contribution is 2.03. The van der Waals surface area contributed by atoms with Crippen molar-refractivity contribution in [3.8, 4) is 0 Å². The van der Waals surface area contributed by atoms with E-state index in [2.05, 4.69) is 0 Å². The Hall–Kier alpha value is -1.73. The van der Waals surface area contributed by atoms with Gasteiger partial charge in [0, 0.05) is 11.6 Å². The Kier molecular flexibility index (Phi) is 2.51. The zero-order valence-corrected chi connectivity index (χ0v) is 6.12. The number of nitrogens with zero attached hydrogens (tertiary/aromatic N) is 1. The normalized spacial score (nSPS) is 8.75. The van der Waals surface area contributed by atoms with Crippen LogP contribution in [0, 0.1) is 5.82 Å². The second kappa shape index (κ2) is 3.60. The first-order valence-electron chi connectivity index (χ1n) is 3.27. The molecule has 0 spiro atoms. The molecule has 0 atom stereocenters. The lowest BCUT2D eigenvalue weighted by Crippen LogP contribution is -1.93. The summed E-state index contributed by atoms with van der Waals surface area (Å²) in [6, 6.07) is 5.04. The molecule has 1 aromatic carbocycles. The number of hydrogen-bond donors (Lipinski definition) is 0. The summed E-state index contributed by atoms with van der Waals surface area (Å²) >= 11 is 0. The molecule has 0 fully saturated rings. The van der Waals surface area contributed by atoms with E-state index in [9.17, 15) is 9.18 Å². The lowest BCUT2D eigenvalue weighted by atomic mass is 10.1. The predicted molar refractivity (Wildman–Crippen MR) is 43.7 cm³/mol. The molecular weight excluding hydrogens is 157 g/mol. The summed E-state index contributed by atoms with van der Waals surface area (Å²) in [7, 11) is 0. The second-order valence-electron chi connectivity index (χ2n) is 2.14. The Balaban J connectivity index is 2.97. The van der Waals surface area contributed by atoms with Crippen LogP contribution in [0.15, 0.2) is 30.3 Å². The minimum absolute atomic E-state index is 0.318. The van der Waals surface area contributed by atoms with Crippen molar-refractivity contribution in [2.75, 3.05) is 0 Å². The van der Waals surface area contributed by atoms with Gasteiger partial charge in [0.15, 0.2) is 5.78 Å². The highest BCUT2D eigenvalue weighted by atomic mass is 19.1. The summed E-state index contributed by atoms with van der Waals surface area (Å²) < 4.78 is 12.3. The summed E-state index contributed by atoms with van der Waals surface area (Å²) in [6.45, 7) is 0. The fourth-order valence-corrected chi connectivity index (χ4v) is 0.756. The molecule has 0 N–H and O–H groups in total. The molecule has 0 aliphatic heterocycles. The molecule has 3 heteroatoms. The maximum absolute atomic E-state index is 12.3. The molecular formula is C9H5FNO-. The van der Waals surface area contributed by atoms with Crippen molar-refractivity contribution in [1.82, 2.24) is 0 Å². The number of halogens is 1. The summed E-state index contributed by atoms with van der Waals surface area (Å²) in [5, 5.41) is 8.15. The average molecular weight is 162 g/mol. The molecule has 1 rings (SSSR count). The number of carbonyl (C=O) groups is 1. The van der Waals surface area contributed by atoms with Crippen LogP contribution in [0.1, 0.15) is 10.4 Å². The lowest BCUT2D eigenvalue weighted by molar-refractivity contribution is 0.104. The molecule has 0 saturated carbocycles. The third kappa shape index (κ3) is 1.87. The highest BCUT2D eigenvalue weighted by Gasteiger charge is 1.99. The number of benzene rings is 1. The largest absolute Gasteiger partial charge is 0.763 e. The Morgan fingerprint density at radius 1 is 1.42 bits per heavy atom. The Morgan fingerprint density at radius 2 is 2.00 bits per heavy atom. The van der Waals surface area contributed by atoms with E-state index in [1.807, 2.05) is 0 Å². The minimum atomic E-state index is -0.405. The van der Waals surface area contributed by atoms with Gasteiger partial charge in [0.2, 0.25) is 0 Å². The molecule has 0 bridgehead atoms. The molecule has 12 heavy (non-hydrogen) atoms. The standard InChI is InChI=1S/C9H5FNO/c10-8-3-1-7(2-4-8)9(12)5-6-11/h1-5H/q-1. The van der Waals surface area contributed by atoms with Gasteiger partial charge in [-0.3, -0.25) is 10.7 Å². The Bertz CT molecular complexity index is 336. The maximum atomic E-state index is 12.3. The zero-order chi connectivity index (χ0) is 8.97. The van der Waals surface area contributed by atoms with Crippen LogP contribution in [-0.2, 0) is 0 Å². The fourth-order valence-electron chi connectivity index (χ4n) is 0.756. The van der Waals surface area contributed by atoms with Crippen molar-refractivity contribution in [3.63, 3.8) is 0 Å². The zero-order valence-electron chi connectivity index (χ0n) is 6.12. The van der Waals surface area contributed by atoms with Gasteiger partial charge in [-0.15, -0.1) is 0 Å². The van der Waals surface area contributed by atoms with E-state index in [1.54, 1.807) is 5.87 Å². The van der Waals surface area contributed by atoms with Crippen LogP contribution in [-0.4, -0.2) is 11.7 Å². The third-order valence-corrected chi connectivity index (χ3v) is 1.32. The average Bonchev–Trinajstić information content (AvgIpc) is 2.06. The first-order valence-corrected chi connectivity index (χ1v) is 3.27. The van der Waals surface area contributed by atoms with E-state index in [4.69, 9.17) is 5.41 Å². The van der Waals surface area contributed by atoms with Crippen LogP contribution in [0.5, 0.6) is 0 Å². The lowest BCUT2D eigenvalue weighted by Gasteiger charge is -1.93. The van der Waals surface area contributed by atoms with Crippen molar-refractivity contribution in [1.29, 1.82) is 0 Å². The van der Waals surface area contributed by atoms with E-state index in [-0.39, 0.29) is 0 Å². The quantitative estimate of drug-likeness (QED) is 0.371. The van der Waals surface area contributed by atoms with Gasteiger partial charge >= 0.3 is 0 Å². The van der Waals surface area contributed by atoms with Gasteiger partial charge in [-0.25, -0.2) is 4.39 Å². The first kappa shape index (κ1) is 8.37. The topological polar surface area (TPSA) is 39.4 Å². The van der Waals surface area contributed by atoms with Crippen molar-refractivity contribution in [2.24, 2.45) is 0 Å². The van der Waals surface area contributed by atoms with Crippen LogP contribution in [0.2, 0.25) is 0 Å². The Labute approximate surface area is 68.8 Å². The van der Waals surface area contributed by atoms with Gasteiger partial charge in [-0.1, -0.05) is 0 Å². The number of ketones is 1. The van der Waals surface area contributed by atoms with Crippen LogP contribution >= 0.6 is 0 Å². The van der Waals surface area contributed by atoms with E-state index in [0.29, 0.717) is 5.56 Å². The third-order valence-electron chi connectivity index (χ3n) is 1.32. The minimum Gasteiger partial charge on any atom is -0.763 e. The molecule has 0 radical (unpaired) electrons. The first-order chi connectivity index (χ1) is 5.74. The Morgan fingerprint density at radius 3 is 2.50 bits per heavy atom. The molecule has 0 aromatic heterocycles. The van der Waals surface area contributed by atoms with Crippen molar-refractivity contribution >= 4 is 11.7 Å². The van der Waals surface area contributed by atoms with Gasteiger partial charge < -0.3 is 5.41 Å². The van der Waals surface area contributed by atoms with Crippen molar-refractivity contribution < 1.29 is 9.18 Å². The molecule has 0 aliphatic rings. The summed E-state index contributed by atoms with van der Waals surface area (Å²) in [6.07, 6.45) is 0.882. The number of rotatable bonds is 2.